The average Bonchev–Trinajstić information content (AvgIpc) is 2.82. The third-order valence-corrected chi connectivity index (χ3v) is 5.05. The fourth-order valence-electron chi connectivity index (χ4n) is 3.30. The molecule has 8 nitrogen and oxygen atoms in total. The van der Waals surface area contributed by atoms with Crippen LogP contribution in [0, 0.1) is 11.8 Å². The molecule has 1 aromatic rings. The molecule has 1 aromatic carbocycles. The third kappa shape index (κ3) is 12.3. The van der Waals surface area contributed by atoms with Crippen LogP contribution in [0.2, 0.25) is 0 Å². The maximum Gasteiger partial charge on any atom is 0.309 e. The molecule has 0 heterocycles. The number of aliphatic hydroxyl groups excluding tert-OH is 1. The summed E-state index contributed by atoms with van der Waals surface area (Å²) in [5.41, 5.74) is 1.04. The highest BCUT2D eigenvalue weighted by Crippen LogP contribution is 2.16. The number of hydrogen-bond acceptors (Lipinski definition) is 6. The highest BCUT2D eigenvalue weighted by atomic mass is 16.5. The first-order chi connectivity index (χ1) is 16.4. The van der Waals surface area contributed by atoms with E-state index in [0.717, 1.165) is 5.56 Å². The molecule has 0 spiro atoms. The number of aliphatic hydroxyl groups is 1. The predicted molar refractivity (Wildman–Crippen MR) is 131 cm³/mol. The molecule has 0 bridgehead atoms. The molecule has 0 radical (unpaired) electrons. The lowest BCUT2D eigenvalue weighted by atomic mass is 9.96. The molecule has 3 atom stereocenters. The monoisotopic (exact) mass is 474 g/mol. The van der Waals surface area contributed by atoms with Gasteiger partial charge in [-0.05, 0) is 31.7 Å². The number of carbonyl (C=O) groups excluding carboxylic acids is 3. The van der Waals surface area contributed by atoms with Crippen molar-refractivity contribution in [3.8, 4) is 0 Å². The first-order valence-electron chi connectivity index (χ1n) is 11.6. The van der Waals surface area contributed by atoms with Gasteiger partial charge in [0.15, 0.2) is 0 Å². The lowest BCUT2D eigenvalue weighted by Gasteiger charge is -2.20. The van der Waals surface area contributed by atoms with Crippen molar-refractivity contribution in [3.05, 3.63) is 61.2 Å². The van der Waals surface area contributed by atoms with Crippen molar-refractivity contribution in [2.75, 3.05) is 32.9 Å². The maximum atomic E-state index is 12.7. The molecular formula is C26H38N2O6. The van der Waals surface area contributed by atoms with Gasteiger partial charge in [0.1, 0.15) is 6.10 Å². The second kappa shape index (κ2) is 17.5. The zero-order valence-electron chi connectivity index (χ0n) is 20.0. The van der Waals surface area contributed by atoms with Crippen molar-refractivity contribution in [2.45, 2.75) is 38.7 Å². The molecule has 0 aliphatic heterocycles. The number of allylic oxidation sites excluding steroid dienone is 2. The van der Waals surface area contributed by atoms with Gasteiger partial charge >= 0.3 is 5.97 Å². The molecule has 34 heavy (non-hydrogen) atoms. The molecule has 3 N–H and O–H groups in total. The van der Waals surface area contributed by atoms with Gasteiger partial charge in [0.2, 0.25) is 11.8 Å². The molecular weight excluding hydrogens is 436 g/mol. The van der Waals surface area contributed by atoms with Gasteiger partial charge in [-0.25, -0.2) is 0 Å². The SMILES string of the molecule is C=CC[C@H](CC(=O)NCCOCCO)C(=O)NC[C@H](C)OC(=O)[C@@H](CC=C)Cc1ccccc1. The Morgan fingerprint density at radius 1 is 1.03 bits per heavy atom. The topological polar surface area (TPSA) is 114 Å². The summed E-state index contributed by atoms with van der Waals surface area (Å²) >= 11 is 0. The van der Waals surface area contributed by atoms with E-state index in [-0.39, 0.29) is 56.5 Å². The number of esters is 1. The van der Waals surface area contributed by atoms with E-state index in [1.54, 1.807) is 19.1 Å². The largest absolute Gasteiger partial charge is 0.461 e. The van der Waals surface area contributed by atoms with Crippen LogP contribution >= 0.6 is 0 Å². The van der Waals surface area contributed by atoms with Crippen LogP contribution in [0.1, 0.15) is 31.7 Å². The van der Waals surface area contributed by atoms with Crippen LogP contribution in [-0.2, 0) is 30.3 Å². The van der Waals surface area contributed by atoms with Gasteiger partial charge < -0.3 is 25.2 Å². The molecule has 0 aromatic heterocycles. The number of benzene rings is 1. The Hall–Kier alpha value is -2.97. The van der Waals surface area contributed by atoms with Crippen molar-refractivity contribution < 1.29 is 29.0 Å². The Bertz CT molecular complexity index is 768. The Morgan fingerprint density at radius 3 is 2.35 bits per heavy atom. The molecule has 0 aliphatic carbocycles. The van der Waals surface area contributed by atoms with E-state index in [4.69, 9.17) is 14.6 Å². The zero-order valence-corrected chi connectivity index (χ0v) is 20.0. The van der Waals surface area contributed by atoms with E-state index in [9.17, 15) is 14.4 Å². The molecule has 188 valence electrons. The fourth-order valence-corrected chi connectivity index (χ4v) is 3.30. The Labute approximate surface area is 202 Å². The van der Waals surface area contributed by atoms with Crippen LogP contribution in [0.15, 0.2) is 55.6 Å². The van der Waals surface area contributed by atoms with E-state index in [1.165, 1.54) is 0 Å². The number of carbonyl (C=O) groups is 3. The summed E-state index contributed by atoms with van der Waals surface area (Å²) < 4.78 is 10.6. The van der Waals surface area contributed by atoms with Gasteiger partial charge in [-0.1, -0.05) is 42.5 Å². The van der Waals surface area contributed by atoms with Crippen LogP contribution in [0.4, 0.5) is 0 Å². The second-order valence-electron chi connectivity index (χ2n) is 8.02. The van der Waals surface area contributed by atoms with Crippen molar-refractivity contribution in [1.82, 2.24) is 10.6 Å². The van der Waals surface area contributed by atoms with E-state index < -0.39 is 12.0 Å². The van der Waals surface area contributed by atoms with Crippen LogP contribution < -0.4 is 10.6 Å². The van der Waals surface area contributed by atoms with Gasteiger partial charge in [-0.2, -0.15) is 0 Å². The quantitative estimate of drug-likeness (QED) is 0.171. The summed E-state index contributed by atoms with van der Waals surface area (Å²) in [6.45, 7) is 9.96. The predicted octanol–water partition coefficient (Wildman–Crippen LogP) is 2.18. The summed E-state index contributed by atoms with van der Waals surface area (Å²) in [4.78, 5) is 37.4. The second-order valence-corrected chi connectivity index (χ2v) is 8.02. The molecule has 0 saturated heterocycles. The first-order valence-corrected chi connectivity index (χ1v) is 11.6. The zero-order chi connectivity index (χ0) is 25.2. The minimum absolute atomic E-state index is 0.00447. The Morgan fingerprint density at radius 2 is 1.71 bits per heavy atom. The van der Waals surface area contributed by atoms with E-state index in [2.05, 4.69) is 23.8 Å². The fraction of sp³-hybridized carbons (Fsp3) is 0.500. The van der Waals surface area contributed by atoms with Gasteiger partial charge in [0.25, 0.3) is 0 Å². The lowest BCUT2D eigenvalue weighted by molar-refractivity contribution is -0.153. The lowest BCUT2D eigenvalue weighted by Crippen LogP contribution is -2.39. The Balaban J connectivity index is 2.49. The van der Waals surface area contributed by atoms with Crippen LogP contribution in [-0.4, -0.2) is 61.9 Å². The van der Waals surface area contributed by atoms with Crippen molar-refractivity contribution in [2.24, 2.45) is 11.8 Å². The molecule has 0 saturated carbocycles. The highest BCUT2D eigenvalue weighted by Gasteiger charge is 2.24. The smallest absolute Gasteiger partial charge is 0.309 e. The highest BCUT2D eigenvalue weighted by molar-refractivity contribution is 5.86. The van der Waals surface area contributed by atoms with Gasteiger partial charge in [-0.3, -0.25) is 14.4 Å². The van der Waals surface area contributed by atoms with Crippen LogP contribution in [0.25, 0.3) is 0 Å². The van der Waals surface area contributed by atoms with Crippen molar-refractivity contribution in [3.63, 3.8) is 0 Å². The van der Waals surface area contributed by atoms with Crippen molar-refractivity contribution in [1.29, 1.82) is 0 Å². The summed E-state index contributed by atoms with van der Waals surface area (Å²) in [7, 11) is 0. The number of amides is 2. The summed E-state index contributed by atoms with van der Waals surface area (Å²) in [5.74, 6) is -1.85. The Kier molecular flexibility index (Phi) is 15.0. The van der Waals surface area contributed by atoms with E-state index >= 15 is 0 Å². The molecule has 8 heteroatoms. The van der Waals surface area contributed by atoms with Crippen molar-refractivity contribution >= 4 is 17.8 Å². The number of ether oxygens (including phenoxy) is 2. The van der Waals surface area contributed by atoms with Gasteiger partial charge in [0, 0.05) is 13.0 Å². The van der Waals surface area contributed by atoms with Crippen LogP contribution in [0.5, 0.6) is 0 Å². The van der Waals surface area contributed by atoms with E-state index in [1.807, 2.05) is 30.3 Å². The number of hydrogen-bond donors (Lipinski definition) is 3. The van der Waals surface area contributed by atoms with Crippen LogP contribution in [0.3, 0.4) is 0 Å². The molecule has 2 amide bonds. The van der Waals surface area contributed by atoms with E-state index in [0.29, 0.717) is 25.8 Å². The standard InChI is InChI=1S/C26H38N2O6/c1-4-9-22(18-24(30)27-13-15-33-16-14-29)25(31)28-19-20(3)34-26(32)23(10-5-2)17-21-11-7-6-8-12-21/h4-8,11-12,20,22-23,29H,1-2,9-10,13-19H2,3H3,(H,27,30)(H,28,31)/t20-,22+,23-/m0/s1. The minimum atomic E-state index is -0.578. The molecule has 0 unspecified atom stereocenters. The number of nitrogens with one attached hydrogen (secondary N) is 2. The maximum absolute atomic E-state index is 12.7. The summed E-state index contributed by atoms with van der Waals surface area (Å²) in [6, 6.07) is 9.70. The molecule has 0 aliphatic rings. The first kappa shape index (κ1) is 29.1. The molecule has 0 fully saturated rings. The normalized spacial score (nSPS) is 13.2. The number of rotatable bonds is 18. The molecule has 1 rings (SSSR count). The summed E-state index contributed by atoms with van der Waals surface area (Å²) in [6.07, 6.45) is 4.15. The minimum Gasteiger partial charge on any atom is -0.461 e. The summed E-state index contributed by atoms with van der Waals surface area (Å²) in [5, 5.41) is 14.1. The average molecular weight is 475 g/mol. The van der Waals surface area contributed by atoms with Gasteiger partial charge in [0.05, 0.1) is 38.2 Å². The van der Waals surface area contributed by atoms with Gasteiger partial charge in [-0.15, -0.1) is 13.2 Å². The third-order valence-electron chi connectivity index (χ3n) is 5.05.